The number of carbonyl (C=O) groups is 1. The number of aromatic nitrogens is 5. The summed E-state index contributed by atoms with van der Waals surface area (Å²) >= 11 is 6.49. The maximum absolute atomic E-state index is 15.3. The van der Waals surface area contributed by atoms with Crippen molar-refractivity contribution in [2.75, 3.05) is 11.0 Å². The van der Waals surface area contributed by atoms with E-state index < -0.39 is 81.3 Å². The van der Waals surface area contributed by atoms with E-state index in [-0.39, 0.29) is 62.7 Å². The summed E-state index contributed by atoms with van der Waals surface area (Å²) in [5.74, 6) is -3.09. The number of pyridine rings is 1. The van der Waals surface area contributed by atoms with Gasteiger partial charge in [-0.2, -0.15) is 19.0 Å². The number of nitrogens with zero attached hydrogens (tertiary/aromatic N) is 4. The Labute approximate surface area is 314 Å². The third-order valence-corrected chi connectivity index (χ3v) is 10.0. The van der Waals surface area contributed by atoms with Gasteiger partial charge < -0.3 is 10.4 Å². The maximum Gasteiger partial charge on any atom is 0.293 e. The van der Waals surface area contributed by atoms with Crippen molar-refractivity contribution in [2.24, 2.45) is 5.92 Å². The molecule has 2 aromatic carbocycles. The molecule has 0 bridgehead atoms. The number of halogens is 7. The molecular formula is C36H30ClF6N7O4S. The normalized spacial score (nSPS) is 17.7. The average Bonchev–Trinajstić information content (AvgIpc) is 3.54. The summed E-state index contributed by atoms with van der Waals surface area (Å²) in [5.41, 5.74) is -2.40. The van der Waals surface area contributed by atoms with Crippen LogP contribution in [0.2, 0.25) is 5.02 Å². The Bertz CT molecular complexity index is 2540. The van der Waals surface area contributed by atoms with E-state index >= 15 is 8.78 Å². The number of rotatable bonds is 10. The highest BCUT2D eigenvalue weighted by Crippen LogP contribution is 2.68. The van der Waals surface area contributed by atoms with Gasteiger partial charge in [0.1, 0.15) is 40.9 Å². The highest BCUT2D eigenvalue weighted by molar-refractivity contribution is 7.92. The van der Waals surface area contributed by atoms with Gasteiger partial charge in [0.15, 0.2) is 5.82 Å². The van der Waals surface area contributed by atoms with Crippen LogP contribution in [0.4, 0.5) is 32.2 Å². The van der Waals surface area contributed by atoms with Crippen LogP contribution in [0.5, 0.6) is 0 Å². The Morgan fingerprint density at radius 1 is 1.13 bits per heavy atom. The molecule has 4 N–H and O–H groups in total. The van der Waals surface area contributed by atoms with Crippen molar-refractivity contribution < 1.29 is 44.7 Å². The van der Waals surface area contributed by atoms with E-state index in [0.717, 1.165) is 18.4 Å². The number of alkyl halides is 4. The molecule has 2 aliphatic rings. The van der Waals surface area contributed by atoms with Crippen molar-refractivity contribution in [3.05, 3.63) is 93.0 Å². The van der Waals surface area contributed by atoms with Crippen molar-refractivity contribution in [2.45, 2.75) is 63.1 Å². The first kappa shape index (κ1) is 38.2. The zero-order chi connectivity index (χ0) is 39.8. The number of fused-ring (bicyclic) bond motifs is 4. The van der Waals surface area contributed by atoms with Crippen molar-refractivity contribution in [1.29, 1.82) is 0 Å². The lowest BCUT2D eigenvalue weighted by atomic mass is 9.93. The Morgan fingerprint density at radius 3 is 2.47 bits per heavy atom. The van der Waals surface area contributed by atoms with Crippen LogP contribution in [0, 0.1) is 29.4 Å². The molecule has 3 heterocycles. The lowest BCUT2D eigenvalue weighted by Crippen LogP contribution is -2.35. The molecule has 0 aliphatic heterocycles. The van der Waals surface area contributed by atoms with Gasteiger partial charge in [-0.1, -0.05) is 23.6 Å². The van der Waals surface area contributed by atoms with Crippen LogP contribution in [-0.4, -0.2) is 56.3 Å². The molecular weight excluding hydrogens is 776 g/mol. The van der Waals surface area contributed by atoms with Crippen molar-refractivity contribution in [1.82, 2.24) is 30.3 Å². The summed E-state index contributed by atoms with van der Waals surface area (Å²) in [7, 11) is -3.82. The maximum atomic E-state index is 15.3. The quantitative estimate of drug-likeness (QED) is 0.0929. The minimum atomic E-state index is -3.82. The van der Waals surface area contributed by atoms with E-state index in [2.05, 4.69) is 42.2 Å². The number of aromatic amines is 1. The lowest BCUT2D eigenvalue weighted by molar-refractivity contribution is -0.123. The van der Waals surface area contributed by atoms with Gasteiger partial charge in [-0.3, -0.25) is 19.3 Å². The lowest BCUT2D eigenvalue weighted by Gasteiger charge is -2.23. The number of anilines is 1. The van der Waals surface area contributed by atoms with E-state index in [1.165, 1.54) is 32.0 Å². The zero-order valence-electron chi connectivity index (χ0n) is 29.0. The number of amides is 1. The second kappa shape index (κ2) is 13.6. The minimum absolute atomic E-state index is 0.0157. The van der Waals surface area contributed by atoms with Gasteiger partial charge in [0.25, 0.3) is 12.3 Å². The van der Waals surface area contributed by atoms with Gasteiger partial charge in [-0.05, 0) is 74.4 Å². The van der Waals surface area contributed by atoms with Crippen LogP contribution in [0.1, 0.15) is 72.6 Å². The Kier molecular flexibility index (Phi) is 9.41. The molecule has 19 heteroatoms. The summed E-state index contributed by atoms with van der Waals surface area (Å²) in [5, 5.41) is 23.8. The molecule has 1 unspecified atom stereocenters. The second-order valence-corrected chi connectivity index (χ2v) is 16.2. The number of hydrogen-bond acceptors (Lipinski definition) is 7. The predicted octanol–water partition coefficient (Wildman–Crippen LogP) is 6.49. The fraction of sp³-hybridized carbons (Fsp3) is 0.333. The summed E-state index contributed by atoms with van der Waals surface area (Å²) < 4.78 is 115. The largest absolute Gasteiger partial charge is 0.378 e. The number of hydrogen-bond donors (Lipinski definition) is 4. The van der Waals surface area contributed by atoms with Crippen molar-refractivity contribution in [3.63, 3.8) is 0 Å². The molecule has 3 atom stereocenters. The Balaban J connectivity index is 1.37. The highest BCUT2D eigenvalue weighted by atomic mass is 35.5. The summed E-state index contributed by atoms with van der Waals surface area (Å²) in [4.78, 5) is 18.5. The van der Waals surface area contributed by atoms with Gasteiger partial charge in [0.05, 0.1) is 33.9 Å². The molecule has 0 spiro atoms. The van der Waals surface area contributed by atoms with Crippen LogP contribution in [-0.2, 0) is 33.7 Å². The topological polar surface area (TPSA) is 155 Å². The molecule has 1 saturated carbocycles. The predicted molar refractivity (Wildman–Crippen MR) is 189 cm³/mol. The fourth-order valence-electron chi connectivity index (χ4n) is 6.96. The van der Waals surface area contributed by atoms with Gasteiger partial charge in [0.2, 0.25) is 15.9 Å². The smallest absolute Gasteiger partial charge is 0.293 e. The molecule has 1 fully saturated rings. The van der Waals surface area contributed by atoms with E-state index in [1.807, 2.05) is 0 Å². The van der Waals surface area contributed by atoms with Gasteiger partial charge in [-0.25, -0.2) is 31.0 Å². The first-order valence-corrected chi connectivity index (χ1v) is 18.9. The summed E-state index contributed by atoms with van der Waals surface area (Å²) in [6, 6.07) is 7.37. The standard InChI is InChI=1S/C36H30ClF6N7O4S/c1-35(2,52)9-8-19-4-5-20(21-6-7-24(37)28-30(21)46-47-34(28)49-55(3,53)54)29(44-19)25(12-16-10-17(38)13-18(39)11-16)45-26(51)15-50-32-27(31(48-50)33(40)41)22-14-23(22)36(32,42)43/h4-7,10-11,13,22-23,25,33,52H,12,14-15H2,1-3H3,(H,45,51)(H2,46,47,49)/t22-,23?,25-/m0/s1. The fourth-order valence-corrected chi connectivity index (χ4v) is 7.70. The van der Waals surface area contributed by atoms with Crippen LogP contribution in [0.3, 0.4) is 0 Å². The van der Waals surface area contributed by atoms with E-state index in [9.17, 15) is 35.9 Å². The molecule has 2 aliphatic carbocycles. The minimum Gasteiger partial charge on any atom is -0.378 e. The Hall–Kier alpha value is -5.12. The van der Waals surface area contributed by atoms with Gasteiger partial charge >= 0.3 is 0 Å². The molecule has 11 nitrogen and oxygen atoms in total. The third kappa shape index (κ3) is 7.60. The van der Waals surface area contributed by atoms with E-state index in [0.29, 0.717) is 16.3 Å². The van der Waals surface area contributed by atoms with E-state index in [1.54, 1.807) is 6.07 Å². The van der Waals surface area contributed by atoms with Crippen LogP contribution in [0.25, 0.3) is 22.0 Å². The number of H-pyrrole nitrogens is 1. The van der Waals surface area contributed by atoms with Gasteiger partial charge in [-0.15, -0.1) is 0 Å². The first-order chi connectivity index (χ1) is 25.7. The first-order valence-electron chi connectivity index (χ1n) is 16.6. The second-order valence-electron chi connectivity index (χ2n) is 14.0. The third-order valence-electron chi connectivity index (χ3n) is 9.15. The van der Waals surface area contributed by atoms with Crippen LogP contribution >= 0.6 is 11.6 Å². The number of aliphatic hydroxyl groups is 1. The number of nitrogens with one attached hydrogen (secondary N) is 3. The highest BCUT2D eigenvalue weighted by Gasteiger charge is 2.67. The van der Waals surface area contributed by atoms with E-state index in [4.69, 9.17) is 11.6 Å². The summed E-state index contributed by atoms with van der Waals surface area (Å²) in [6.45, 7) is 1.94. The van der Waals surface area contributed by atoms with Crippen molar-refractivity contribution >= 4 is 44.3 Å². The molecule has 7 rings (SSSR count). The number of sulfonamides is 1. The molecule has 0 radical (unpaired) electrons. The Morgan fingerprint density at radius 2 is 1.82 bits per heavy atom. The van der Waals surface area contributed by atoms with Crippen molar-refractivity contribution in [3.8, 4) is 23.0 Å². The average molecular weight is 806 g/mol. The number of benzene rings is 2. The molecule has 3 aromatic heterocycles. The zero-order valence-corrected chi connectivity index (χ0v) is 30.6. The number of carbonyl (C=O) groups excluding carboxylic acids is 1. The summed E-state index contributed by atoms with van der Waals surface area (Å²) in [6.07, 6.45) is -2.58. The molecule has 0 saturated heterocycles. The molecule has 1 amide bonds. The monoisotopic (exact) mass is 805 g/mol. The molecule has 55 heavy (non-hydrogen) atoms. The molecule has 5 aromatic rings. The van der Waals surface area contributed by atoms with Crippen LogP contribution < -0.4 is 10.0 Å². The molecule has 288 valence electrons. The van der Waals surface area contributed by atoms with Gasteiger partial charge in [0, 0.05) is 28.7 Å². The SMILES string of the molecule is CC(C)(O)C#Cc1ccc(-c2ccc(Cl)c3c(NS(C)(=O)=O)n[nH]c23)c([C@H](Cc2cc(F)cc(F)c2)NC(=O)Cn2nc(C(F)F)c3c2C(F)(F)C2C[C@H]32)n1. The van der Waals surface area contributed by atoms with Crippen LogP contribution in [0.15, 0.2) is 42.5 Å².